The Bertz CT molecular complexity index is 1630. The van der Waals surface area contributed by atoms with Crippen LogP contribution in [0.5, 0.6) is 6.01 Å². The largest absolute Gasteiger partial charge is 0.462 e. The van der Waals surface area contributed by atoms with Gasteiger partial charge in [-0.05, 0) is 56.4 Å². The van der Waals surface area contributed by atoms with Crippen molar-refractivity contribution < 1.29 is 18.3 Å². The lowest BCUT2D eigenvalue weighted by Gasteiger charge is -2.42. The minimum absolute atomic E-state index is 0.0744. The van der Waals surface area contributed by atoms with Gasteiger partial charge in [0, 0.05) is 54.9 Å². The van der Waals surface area contributed by atoms with Gasteiger partial charge in [0.15, 0.2) is 0 Å². The number of halogens is 3. The number of hydrogen-bond acceptors (Lipinski definition) is 8. The Kier molecular flexibility index (Phi) is 9.33. The molecule has 3 aliphatic heterocycles. The molecule has 6 rings (SSSR count). The number of anilines is 2. The topological polar surface area (TPSA) is 88.8 Å². The molecule has 1 aromatic heterocycles. The SMILES string of the molecule is CN1CCCC1COc1nc2c(c(N3CCN(C(=O)/C=C/C(F)F)[C@@H](CC#N)C3)n1)CCN(c1cccc3cccc(Cl)c13)C2. The van der Waals surface area contributed by atoms with Crippen LogP contribution in [0.4, 0.5) is 20.3 Å². The van der Waals surface area contributed by atoms with Gasteiger partial charge in [-0.25, -0.2) is 8.78 Å². The highest BCUT2D eigenvalue weighted by Gasteiger charge is 2.34. The molecule has 2 aromatic carbocycles. The molecule has 2 atom stereocenters. The number of allylic oxidation sites excluding steroid dienone is 1. The molecule has 45 heavy (non-hydrogen) atoms. The highest BCUT2D eigenvalue weighted by Crippen LogP contribution is 2.37. The number of ether oxygens (including phenoxy) is 1. The van der Waals surface area contributed by atoms with E-state index in [4.69, 9.17) is 26.3 Å². The van der Waals surface area contributed by atoms with Gasteiger partial charge in [0.05, 0.1) is 35.8 Å². The summed E-state index contributed by atoms with van der Waals surface area (Å²) in [5, 5.41) is 12.3. The Hall–Kier alpha value is -4.01. The van der Waals surface area contributed by atoms with Crippen molar-refractivity contribution in [2.24, 2.45) is 0 Å². The smallest absolute Gasteiger partial charge is 0.318 e. The van der Waals surface area contributed by atoms with Gasteiger partial charge in [-0.1, -0.05) is 35.9 Å². The average Bonchev–Trinajstić information content (AvgIpc) is 3.46. The summed E-state index contributed by atoms with van der Waals surface area (Å²) in [5.74, 6) is 0.220. The van der Waals surface area contributed by atoms with Crippen molar-refractivity contribution in [3.8, 4) is 12.1 Å². The van der Waals surface area contributed by atoms with Crippen LogP contribution in [0.3, 0.4) is 0 Å². The van der Waals surface area contributed by atoms with Crippen molar-refractivity contribution in [3.05, 3.63) is 64.8 Å². The van der Waals surface area contributed by atoms with Crippen molar-refractivity contribution in [2.45, 2.75) is 50.7 Å². The minimum Gasteiger partial charge on any atom is -0.462 e. The predicted molar refractivity (Wildman–Crippen MR) is 170 cm³/mol. The van der Waals surface area contributed by atoms with Crippen LogP contribution in [0.15, 0.2) is 48.6 Å². The molecular weight excluding hydrogens is 600 g/mol. The predicted octanol–water partition coefficient (Wildman–Crippen LogP) is 5.07. The number of likely N-dealkylation sites (N-methyl/N-ethyl adjacent to an activating group) is 1. The molecule has 3 aromatic rings. The summed E-state index contributed by atoms with van der Waals surface area (Å²) in [4.78, 5) is 30.8. The van der Waals surface area contributed by atoms with Gasteiger partial charge in [0.25, 0.3) is 6.43 Å². The number of carbonyl (C=O) groups excluding carboxylic acids is 1. The van der Waals surface area contributed by atoms with E-state index >= 15 is 0 Å². The second kappa shape index (κ2) is 13.5. The van der Waals surface area contributed by atoms with E-state index in [0.29, 0.717) is 55.8 Å². The van der Waals surface area contributed by atoms with Crippen LogP contribution in [0, 0.1) is 11.3 Å². The second-order valence-electron chi connectivity index (χ2n) is 11.8. The third-order valence-electron chi connectivity index (χ3n) is 9.05. The molecular formula is C33H36ClF2N7O2. The van der Waals surface area contributed by atoms with Crippen LogP contribution < -0.4 is 14.5 Å². The molecule has 4 heterocycles. The van der Waals surface area contributed by atoms with Crippen LogP contribution in [0.2, 0.25) is 5.02 Å². The first kappa shape index (κ1) is 31.0. The first-order valence-electron chi connectivity index (χ1n) is 15.4. The van der Waals surface area contributed by atoms with E-state index < -0.39 is 18.4 Å². The van der Waals surface area contributed by atoms with E-state index in [1.54, 1.807) is 0 Å². The molecule has 0 spiro atoms. The summed E-state index contributed by atoms with van der Waals surface area (Å²) in [5.41, 5.74) is 2.91. The van der Waals surface area contributed by atoms with Gasteiger partial charge in [0.2, 0.25) is 5.91 Å². The maximum atomic E-state index is 12.8. The highest BCUT2D eigenvalue weighted by molar-refractivity contribution is 6.36. The number of hydrogen-bond donors (Lipinski definition) is 0. The van der Waals surface area contributed by atoms with E-state index in [1.165, 1.54) is 4.90 Å². The van der Waals surface area contributed by atoms with Gasteiger partial charge in [-0.15, -0.1) is 0 Å². The molecule has 0 aliphatic carbocycles. The van der Waals surface area contributed by atoms with Crippen molar-refractivity contribution in [1.29, 1.82) is 5.26 Å². The Morgan fingerprint density at radius 3 is 2.71 bits per heavy atom. The normalized spacial score (nSPS) is 20.7. The van der Waals surface area contributed by atoms with E-state index in [2.05, 4.69) is 46.0 Å². The van der Waals surface area contributed by atoms with Crippen LogP contribution in [0.1, 0.15) is 30.5 Å². The molecule has 2 saturated heterocycles. The van der Waals surface area contributed by atoms with Crippen molar-refractivity contribution >= 4 is 39.8 Å². The van der Waals surface area contributed by atoms with Crippen LogP contribution >= 0.6 is 11.6 Å². The highest BCUT2D eigenvalue weighted by atomic mass is 35.5. The molecule has 2 fully saturated rings. The van der Waals surface area contributed by atoms with E-state index in [9.17, 15) is 18.8 Å². The number of likely N-dealkylation sites (tertiary alicyclic amines) is 1. The number of alkyl halides is 2. The summed E-state index contributed by atoms with van der Waals surface area (Å²) in [6, 6.07) is 14.4. The van der Waals surface area contributed by atoms with Crippen molar-refractivity contribution in [3.63, 3.8) is 0 Å². The van der Waals surface area contributed by atoms with Gasteiger partial charge in [0.1, 0.15) is 12.4 Å². The Morgan fingerprint density at radius 2 is 1.96 bits per heavy atom. The lowest BCUT2D eigenvalue weighted by Crippen LogP contribution is -2.55. The Labute approximate surface area is 266 Å². The van der Waals surface area contributed by atoms with Crippen molar-refractivity contribution in [2.75, 3.05) is 56.2 Å². The fraction of sp³-hybridized carbons (Fsp3) is 0.455. The third kappa shape index (κ3) is 6.67. The summed E-state index contributed by atoms with van der Waals surface area (Å²) in [6.45, 7) is 3.83. The summed E-state index contributed by atoms with van der Waals surface area (Å²) >= 11 is 6.68. The number of rotatable bonds is 8. The quantitative estimate of drug-likeness (QED) is 0.317. The number of benzene rings is 2. The lowest BCUT2D eigenvalue weighted by atomic mass is 10.0. The first-order chi connectivity index (χ1) is 21.8. The fourth-order valence-electron chi connectivity index (χ4n) is 6.69. The summed E-state index contributed by atoms with van der Waals surface area (Å²) in [6.07, 6.45) is 1.69. The third-order valence-corrected chi connectivity index (χ3v) is 9.36. The molecule has 0 N–H and O–H groups in total. The summed E-state index contributed by atoms with van der Waals surface area (Å²) in [7, 11) is 2.10. The number of amides is 1. The number of fused-ring (bicyclic) bond motifs is 2. The van der Waals surface area contributed by atoms with Gasteiger partial charge < -0.3 is 24.3 Å². The average molecular weight is 636 g/mol. The van der Waals surface area contributed by atoms with Crippen LogP contribution in [-0.4, -0.2) is 90.6 Å². The van der Waals surface area contributed by atoms with Crippen LogP contribution in [0.25, 0.3) is 10.8 Å². The number of nitriles is 1. The molecule has 1 unspecified atom stereocenters. The molecule has 0 saturated carbocycles. The molecule has 0 bridgehead atoms. The zero-order chi connectivity index (χ0) is 31.5. The lowest BCUT2D eigenvalue weighted by molar-refractivity contribution is -0.128. The van der Waals surface area contributed by atoms with E-state index in [1.807, 2.05) is 18.2 Å². The molecule has 3 aliphatic rings. The Morgan fingerprint density at radius 1 is 1.13 bits per heavy atom. The second-order valence-corrected chi connectivity index (χ2v) is 12.2. The number of piperazine rings is 1. The number of carbonyl (C=O) groups is 1. The molecule has 236 valence electrons. The van der Waals surface area contributed by atoms with E-state index in [-0.39, 0.29) is 13.0 Å². The maximum Gasteiger partial charge on any atom is 0.318 e. The van der Waals surface area contributed by atoms with E-state index in [0.717, 1.165) is 65.5 Å². The van der Waals surface area contributed by atoms with Gasteiger partial charge in [-0.2, -0.15) is 15.2 Å². The van der Waals surface area contributed by atoms with Crippen LogP contribution in [-0.2, 0) is 17.8 Å². The number of aromatic nitrogens is 2. The maximum absolute atomic E-state index is 12.8. The van der Waals surface area contributed by atoms with Crippen molar-refractivity contribution in [1.82, 2.24) is 19.8 Å². The molecule has 12 heteroatoms. The molecule has 9 nitrogen and oxygen atoms in total. The summed E-state index contributed by atoms with van der Waals surface area (Å²) < 4.78 is 31.7. The zero-order valence-electron chi connectivity index (χ0n) is 25.2. The monoisotopic (exact) mass is 635 g/mol. The molecule has 1 amide bonds. The zero-order valence-corrected chi connectivity index (χ0v) is 26.0. The standard InChI is InChI=1S/C33H36ClF2N7O2/c1-40-15-4-7-24(40)21-45-33-38-27-20-41(28-9-3-6-22-5-2-8-26(34)31(22)28)16-13-25(27)32(39-33)42-17-18-43(23(19-42)12-14-37)30(44)11-10-29(35)36/h2-3,5-6,8-11,23-24,29H,4,7,12-13,15-21H2,1H3/b11-10+/t23-,24?/m0/s1. The minimum atomic E-state index is -2.72. The van der Waals surface area contributed by atoms with Gasteiger partial charge in [-0.3, -0.25) is 4.79 Å². The number of nitrogens with zero attached hydrogens (tertiary/aromatic N) is 7. The Balaban J connectivity index is 1.32. The molecule has 0 radical (unpaired) electrons. The van der Waals surface area contributed by atoms with Gasteiger partial charge >= 0.3 is 6.01 Å². The fourth-order valence-corrected chi connectivity index (χ4v) is 6.97. The first-order valence-corrected chi connectivity index (χ1v) is 15.7.